The second-order valence-electron chi connectivity index (χ2n) is 2.07. The number of rotatable bonds is 2. The SMILES string of the molecule is Nc1ccc(Cl)c(OC(F)F)c1. The normalized spacial score (nSPS) is 10.3. The minimum absolute atomic E-state index is 0.105. The van der Waals surface area contributed by atoms with Crippen LogP contribution in [0.5, 0.6) is 5.75 Å². The quantitative estimate of drug-likeness (QED) is 0.733. The van der Waals surface area contributed by atoms with Gasteiger partial charge in [-0.05, 0) is 12.1 Å². The zero-order valence-electron chi connectivity index (χ0n) is 5.93. The minimum Gasteiger partial charge on any atom is -0.433 e. The third-order valence-electron chi connectivity index (χ3n) is 1.17. The maximum Gasteiger partial charge on any atom is 0.387 e. The fraction of sp³-hybridized carbons (Fsp3) is 0.143. The molecule has 0 aromatic heterocycles. The third kappa shape index (κ3) is 2.23. The van der Waals surface area contributed by atoms with Crippen molar-refractivity contribution in [3.05, 3.63) is 23.2 Å². The maximum absolute atomic E-state index is 11.7. The largest absolute Gasteiger partial charge is 0.433 e. The number of ether oxygens (including phenoxy) is 1. The lowest BCUT2D eigenvalue weighted by Gasteiger charge is -2.06. The molecule has 0 aliphatic rings. The first-order valence-corrected chi connectivity index (χ1v) is 3.47. The van der Waals surface area contributed by atoms with E-state index in [0.29, 0.717) is 5.69 Å². The topological polar surface area (TPSA) is 35.2 Å². The Balaban J connectivity index is 2.90. The summed E-state index contributed by atoms with van der Waals surface area (Å²) in [4.78, 5) is 0. The predicted molar refractivity (Wildman–Crippen MR) is 42.5 cm³/mol. The van der Waals surface area contributed by atoms with Crippen molar-refractivity contribution in [2.45, 2.75) is 6.61 Å². The molecule has 1 aromatic carbocycles. The molecule has 0 amide bonds. The molecule has 0 radical (unpaired) electrons. The number of nitrogens with two attached hydrogens (primary N) is 1. The Bertz CT molecular complexity index is 280. The van der Waals surface area contributed by atoms with Crippen molar-refractivity contribution in [2.24, 2.45) is 0 Å². The summed E-state index contributed by atoms with van der Waals surface area (Å²) in [7, 11) is 0. The molecule has 0 saturated carbocycles. The van der Waals surface area contributed by atoms with Crippen molar-refractivity contribution in [1.29, 1.82) is 0 Å². The van der Waals surface area contributed by atoms with Crippen LogP contribution < -0.4 is 10.5 Å². The number of hydrogen-bond donors (Lipinski definition) is 1. The van der Waals surface area contributed by atoms with E-state index in [2.05, 4.69) is 4.74 Å². The molecule has 1 aromatic rings. The fourth-order valence-corrected chi connectivity index (χ4v) is 0.868. The Morgan fingerprint density at radius 1 is 1.42 bits per heavy atom. The van der Waals surface area contributed by atoms with Gasteiger partial charge in [0, 0.05) is 11.8 Å². The molecule has 0 aliphatic carbocycles. The highest BCUT2D eigenvalue weighted by atomic mass is 35.5. The Morgan fingerprint density at radius 2 is 2.08 bits per heavy atom. The first kappa shape index (κ1) is 9.06. The molecule has 2 nitrogen and oxygen atoms in total. The van der Waals surface area contributed by atoms with Crippen molar-refractivity contribution in [1.82, 2.24) is 0 Å². The Kier molecular flexibility index (Phi) is 2.70. The van der Waals surface area contributed by atoms with E-state index < -0.39 is 6.61 Å². The van der Waals surface area contributed by atoms with Gasteiger partial charge in [-0.3, -0.25) is 0 Å². The van der Waals surface area contributed by atoms with E-state index in [1.165, 1.54) is 18.2 Å². The number of nitrogen functional groups attached to an aromatic ring is 1. The lowest BCUT2D eigenvalue weighted by atomic mass is 10.3. The van der Waals surface area contributed by atoms with Gasteiger partial charge in [0.1, 0.15) is 5.75 Å². The van der Waals surface area contributed by atoms with Gasteiger partial charge in [-0.15, -0.1) is 0 Å². The highest BCUT2D eigenvalue weighted by Gasteiger charge is 2.07. The fourth-order valence-electron chi connectivity index (χ4n) is 0.706. The number of halogens is 3. The Labute approximate surface area is 72.9 Å². The monoisotopic (exact) mass is 193 g/mol. The molecule has 0 fully saturated rings. The van der Waals surface area contributed by atoms with Crippen LogP contribution in [0.4, 0.5) is 14.5 Å². The van der Waals surface area contributed by atoms with Crippen molar-refractivity contribution in [3.63, 3.8) is 0 Å². The van der Waals surface area contributed by atoms with Gasteiger partial charge in [-0.1, -0.05) is 11.6 Å². The molecule has 0 unspecified atom stereocenters. The van der Waals surface area contributed by atoms with E-state index >= 15 is 0 Å². The highest BCUT2D eigenvalue weighted by molar-refractivity contribution is 6.32. The van der Waals surface area contributed by atoms with E-state index in [1.54, 1.807) is 0 Å². The molecule has 0 saturated heterocycles. The minimum atomic E-state index is -2.88. The van der Waals surface area contributed by atoms with E-state index in [-0.39, 0.29) is 10.8 Å². The number of alkyl halides is 2. The van der Waals surface area contributed by atoms with Gasteiger partial charge >= 0.3 is 6.61 Å². The van der Waals surface area contributed by atoms with Crippen LogP contribution in [0, 0.1) is 0 Å². The van der Waals surface area contributed by atoms with Crippen molar-refractivity contribution in [3.8, 4) is 5.75 Å². The Hall–Kier alpha value is -1.03. The molecular weight excluding hydrogens is 188 g/mol. The molecule has 0 aliphatic heterocycles. The molecule has 1 rings (SSSR count). The van der Waals surface area contributed by atoms with Gasteiger partial charge in [0.15, 0.2) is 0 Å². The summed E-state index contributed by atoms with van der Waals surface area (Å²) in [6.45, 7) is -2.88. The smallest absolute Gasteiger partial charge is 0.387 e. The van der Waals surface area contributed by atoms with Crippen LogP contribution in [0.3, 0.4) is 0 Å². The number of benzene rings is 1. The maximum atomic E-state index is 11.7. The van der Waals surface area contributed by atoms with Crippen molar-refractivity contribution >= 4 is 17.3 Å². The van der Waals surface area contributed by atoms with Gasteiger partial charge in [0.2, 0.25) is 0 Å². The first-order chi connectivity index (χ1) is 5.59. The van der Waals surface area contributed by atoms with Crippen LogP contribution in [-0.4, -0.2) is 6.61 Å². The van der Waals surface area contributed by atoms with Crippen LogP contribution in [0.2, 0.25) is 5.02 Å². The molecule has 0 heterocycles. The first-order valence-electron chi connectivity index (χ1n) is 3.09. The van der Waals surface area contributed by atoms with Gasteiger partial charge in [-0.2, -0.15) is 8.78 Å². The van der Waals surface area contributed by atoms with Crippen LogP contribution in [0.1, 0.15) is 0 Å². The third-order valence-corrected chi connectivity index (χ3v) is 1.48. The van der Waals surface area contributed by atoms with Crippen LogP contribution in [0.15, 0.2) is 18.2 Å². The summed E-state index contributed by atoms with van der Waals surface area (Å²) in [6.07, 6.45) is 0. The van der Waals surface area contributed by atoms with E-state index in [0.717, 1.165) is 0 Å². The van der Waals surface area contributed by atoms with Gasteiger partial charge in [0.05, 0.1) is 5.02 Å². The molecule has 5 heteroatoms. The zero-order valence-corrected chi connectivity index (χ0v) is 6.68. The van der Waals surface area contributed by atoms with Crippen LogP contribution >= 0.6 is 11.6 Å². The van der Waals surface area contributed by atoms with E-state index in [4.69, 9.17) is 17.3 Å². The van der Waals surface area contributed by atoms with Gasteiger partial charge in [0.25, 0.3) is 0 Å². The Morgan fingerprint density at radius 3 is 2.67 bits per heavy atom. The summed E-state index contributed by atoms with van der Waals surface area (Å²) >= 11 is 5.53. The average Bonchev–Trinajstić information content (AvgIpc) is 1.96. The summed E-state index contributed by atoms with van der Waals surface area (Å²) in [5, 5.41) is 0.115. The van der Waals surface area contributed by atoms with Gasteiger partial charge in [-0.25, -0.2) is 0 Å². The molecule has 0 spiro atoms. The molecular formula is C7H6ClF2NO. The van der Waals surface area contributed by atoms with E-state index in [9.17, 15) is 8.78 Å². The van der Waals surface area contributed by atoms with Crippen molar-refractivity contribution < 1.29 is 13.5 Å². The summed E-state index contributed by atoms with van der Waals surface area (Å²) in [5.74, 6) is -0.105. The standard InChI is InChI=1S/C7H6ClF2NO/c8-5-2-1-4(11)3-6(5)12-7(9)10/h1-3,7H,11H2. The second kappa shape index (κ2) is 3.58. The zero-order chi connectivity index (χ0) is 9.14. The molecule has 0 atom stereocenters. The van der Waals surface area contributed by atoms with Crippen LogP contribution in [0.25, 0.3) is 0 Å². The van der Waals surface area contributed by atoms with Crippen molar-refractivity contribution in [2.75, 3.05) is 5.73 Å². The lowest BCUT2D eigenvalue weighted by Crippen LogP contribution is -2.02. The summed E-state index contributed by atoms with van der Waals surface area (Å²) in [5.41, 5.74) is 5.65. The van der Waals surface area contributed by atoms with E-state index in [1.807, 2.05) is 0 Å². The highest BCUT2D eigenvalue weighted by Crippen LogP contribution is 2.27. The lowest BCUT2D eigenvalue weighted by molar-refractivity contribution is -0.0497. The molecule has 0 bridgehead atoms. The second-order valence-corrected chi connectivity index (χ2v) is 2.48. The molecule has 66 valence electrons. The molecule has 2 N–H and O–H groups in total. The number of hydrogen-bond acceptors (Lipinski definition) is 2. The average molecular weight is 194 g/mol. The predicted octanol–water partition coefficient (Wildman–Crippen LogP) is 2.52. The van der Waals surface area contributed by atoms with Crippen LogP contribution in [-0.2, 0) is 0 Å². The van der Waals surface area contributed by atoms with Gasteiger partial charge < -0.3 is 10.5 Å². The summed E-state index contributed by atoms with van der Waals surface area (Å²) < 4.78 is 27.5. The summed E-state index contributed by atoms with van der Waals surface area (Å²) in [6, 6.07) is 4.14. The number of anilines is 1. The molecule has 12 heavy (non-hydrogen) atoms.